The third kappa shape index (κ3) is 5.55. The molecule has 0 aromatic heterocycles. The molecule has 1 aliphatic heterocycles. The maximum absolute atomic E-state index is 10.2. The van der Waals surface area contributed by atoms with Gasteiger partial charge in [0.25, 0.3) is 0 Å². The fourth-order valence-electron chi connectivity index (χ4n) is 0.412. The third-order valence-corrected chi connectivity index (χ3v) is 1.61. The van der Waals surface area contributed by atoms with Gasteiger partial charge in [-0.2, -0.15) is 0 Å². The smallest absolute Gasteiger partial charge is 0.344 e. The molecule has 0 aliphatic carbocycles. The molecule has 0 aromatic carbocycles. The number of rotatable bonds is 0. The summed E-state index contributed by atoms with van der Waals surface area (Å²) >= 11 is 0. The molecular weight excluding hydrogens is 152 g/mol. The average Bonchev–Trinajstić information content (AvgIpc) is 1.69. The van der Waals surface area contributed by atoms with E-state index in [1.807, 2.05) is 0 Å². The molecule has 1 fully saturated rings. The van der Waals surface area contributed by atoms with E-state index >= 15 is 0 Å². The van der Waals surface area contributed by atoms with Crippen molar-refractivity contribution < 1.29 is 43.2 Å². The summed E-state index contributed by atoms with van der Waals surface area (Å²) in [6, 6.07) is 0. The predicted octanol–water partition coefficient (Wildman–Crippen LogP) is -2.02. The molecule has 3 N–H and O–H groups in total. The first kappa shape index (κ1) is 12.8. The molecule has 0 radical (unpaired) electrons. The van der Waals surface area contributed by atoms with E-state index in [0.29, 0.717) is 13.2 Å². The van der Waals surface area contributed by atoms with Gasteiger partial charge in [-0.05, 0) is 6.42 Å². The molecule has 0 unspecified atom stereocenters. The van der Waals surface area contributed by atoms with E-state index in [1.54, 1.807) is 0 Å². The monoisotopic (exact) mass is 162 g/mol. The third-order valence-electron chi connectivity index (χ3n) is 0.729. The first-order chi connectivity index (χ1) is 3.39. The Bertz CT molecular complexity index is 83.1. The second-order valence-electron chi connectivity index (χ2n) is 1.30. The zero-order valence-electron chi connectivity index (χ0n) is 5.55. The number of hydrogen-bond acceptors (Lipinski definition) is 4. The van der Waals surface area contributed by atoms with E-state index in [4.69, 9.17) is 0 Å². The Morgan fingerprint density at radius 3 is 1.89 bits per heavy atom. The van der Waals surface area contributed by atoms with Gasteiger partial charge < -0.3 is 15.2 Å². The molecule has 1 saturated heterocycles. The van der Waals surface area contributed by atoms with Gasteiger partial charge in [0, 0.05) is 0 Å². The van der Waals surface area contributed by atoms with Gasteiger partial charge in [0.15, 0.2) is 0 Å². The number of hydrogen-bond donors (Lipinski definition) is 1. The van der Waals surface area contributed by atoms with Crippen LogP contribution in [0.2, 0.25) is 0 Å². The second kappa shape index (κ2) is 7.22. The van der Waals surface area contributed by atoms with Crippen molar-refractivity contribution in [1.82, 2.24) is 6.15 Å². The maximum atomic E-state index is 10.2. The van der Waals surface area contributed by atoms with Crippen LogP contribution < -0.4 is 35.7 Å². The normalized spacial score (nSPS) is 19.6. The van der Waals surface area contributed by atoms with Crippen molar-refractivity contribution >= 4 is 8.25 Å². The van der Waals surface area contributed by atoms with E-state index in [2.05, 4.69) is 9.05 Å². The van der Waals surface area contributed by atoms with Gasteiger partial charge >= 0.3 is 37.8 Å². The van der Waals surface area contributed by atoms with Crippen LogP contribution in [0.5, 0.6) is 0 Å². The molecule has 0 amide bonds. The summed E-state index contributed by atoms with van der Waals surface area (Å²) in [4.78, 5) is 0. The van der Waals surface area contributed by atoms with Crippen molar-refractivity contribution in [3.63, 3.8) is 0 Å². The molecular formula is C3H10NNaO3P+. The molecule has 50 valence electrons. The fourth-order valence-corrected chi connectivity index (χ4v) is 1.12. The Hall–Kier alpha value is 1.11. The molecule has 0 bridgehead atoms. The average molecular weight is 162 g/mol. The summed E-state index contributed by atoms with van der Waals surface area (Å²) in [5, 5.41) is 0. The molecule has 1 heterocycles. The molecule has 0 atom stereocenters. The van der Waals surface area contributed by atoms with E-state index < -0.39 is 8.25 Å². The molecule has 4 nitrogen and oxygen atoms in total. The minimum absolute atomic E-state index is 0. The van der Waals surface area contributed by atoms with E-state index in [-0.39, 0.29) is 35.7 Å². The first-order valence-electron chi connectivity index (χ1n) is 2.19. The van der Waals surface area contributed by atoms with Gasteiger partial charge in [0.05, 0.1) is 13.2 Å². The van der Waals surface area contributed by atoms with Crippen molar-refractivity contribution in [2.24, 2.45) is 0 Å². The van der Waals surface area contributed by atoms with Gasteiger partial charge in [-0.1, -0.05) is 0 Å². The van der Waals surface area contributed by atoms with Crippen molar-refractivity contribution in [2.45, 2.75) is 6.42 Å². The second-order valence-corrected chi connectivity index (χ2v) is 2.38. The summed E-state index contributed by atoms with van der Waals surface area (Å²) in [6.45, 7) is 1.19. The Morgan fingerprint density at radius 2 is 1.67 bits per heavy atom. The molecule has 0 aromatic rings. The molecule has 1 rings (SSSR count). The molecule has 0 saturated carbocycles. The molecule has 1 aliphatic rings. The van der Waals surface area contributed by atoms with Gasteiger partial charge in [-0.3, -0.25) is 4.57 Å². The summed E-state index contributed by atoms with van der Waals surface area (Å²) in [5.41, 5.74) is 0. The zero-order chi connectivity index (χ0) is 5.11. The van der Waals surface area contributed by atoms with Crippen molar-refractivity contribution in [3.8, 4) is 0 Å². The van der Waals surface area contributed by atoms with Crippen LogP contribution in [0.25, 0.3) is 0 Å². The predicted molar refractivity (Wildman–Crippen MR) is 30.5 cm³/mol. The Morgan fingerprint density at radius 1 is 1.22 bits per heavy atom. The molecule has 9 heavy (non-hydrogen) atoms. The first-order valence-corrected chi connectivity index (χ1v) is 3.41. The van der Waals surface area contributed by atoms with Crippen molar-refractivity contribution in [1.29, 1.82) is 0 Å². The standard InChI is InChI=1S/C3H7O3P.H3N.Na/c4-7-5-2-1-3-6-7;;/h7H,1-3H2;1H3;/q;;+1. The minimum Gasteiger partial charge on any atom is -0.344 e. The van der Waals surface area contributed by atoms with Crippen molar-refractivity contribution in [3.05, 3.63) is 0 Å². The largest absolute Gasteiger partial charge is 1.00 e. The zero-order valence-corrected chi connectivity index (χ0v) is 8.55. The SMILES string of the molecule is N.O=[PH]1OCCCO1.[Na+]. The van der Waals surface area contributed by atoms with Crippen LogP contribution in [0.15, 0.2) is 0 Å². The van der Waals surface area contributed by atoms with Crippen LogP contribution >= 0.6 is 8.25 Å². The van der Waals surface area contributed by atoms with Gasteiger partial charge in [0.2, 0.25) is 0 Å². The van der Waals surface area contributed by atoms with Crippen LogP contribution in [0, 0.1) is 0 Å². The summed E-state index contributed by atoms with van der Waals surface area (Å²) in [7, 11) is -2.04. The maximum Gasteiger partial charge on any atom is 1.00 e. The topological polar surface area (TPSA) is 70.5 Å². The van der Waals surface area contributed by atoms with Gasteiger partial charge in [0.1, 0.15) is 0 Å². The Balaban J connectivity index is 0. The summed E-state index contributed by atoms with van der Waals surface area (Å²) in [5.74, 6) is 0. The summed E-state index contributed by atoms with van der Waals surface area (Å²) in [6.07, 6.45) is 0.871. The van der Waals surface area contributed by atoms with E-state index in [1.165, 1.54) is 0 Å². The van der Waals surface area contributed by atoms with Crippen LogP contribution in [0.4, 0.5) is 0 Å². The van der Waals surface area contributed by atoms with Crippen LogP contribution in [-0.2, 0) is 13.6 Å². The quantitative estimate of drug-likeness (QED) is 0.329. The van der Waals surface area contributed by atoms with Crippen LogP contribution in [0.3, 0.4) is 0 Å². The Kier molecular flexibility index (Phi) is 10.2. The van der Waals surface area contributed by atoms with Crippen molar-refractivity contribution in [2.75, 3.05) is 13.2 Å². The molecule has 6 heteroatoms. The summed E-state index contributed by atoms with van der Waals surface area (Å²) < 4.78 is 19.4. The minimum atomic E-state index is -2.04. The Labute approximate surface area is 77.1 Å². The van der Waals surface area contributed by atoms with Crippen LogP contribution in [-0.4, -0.2) is 13.2 Å². The van der Waals surface area contributed by atoms with Gasteiger partial charge in [-0.15, -0.1) is 0 Å². The van der Waals surface area contributed by atoms with E-state index in [9.17, 15) is 4.57 Å². The molecule has 0 spiro atoms. The van der Waals surface area contributed by atoms with Crippen LogP contribution in [0.1, 0.15) is 6.42 Å². The van der Waals surface area contributed by atoms with Gasteiger partial charge in [-0.25, -0.2) is 0 Å². The van der Waals surface area contributed by atoms with E-state index in [0.717, 1.165) is 6.42 Å². The fraction of sp³-hybridized carbons (Fsp3) is 1.00.